The van der Waals surface area contributed by atoms with Crippen LogP contribution in [0.4, 0.5) is 0 Å². The summed E-state index contributed by atoms with van der Waals surface area (Å²) >= 11 is 0. The van der Waals surface area contributed by atoms with Gasteiger partial charge in [0.2, 0.25) is 0 Å². The third kappa shape index (κ3) is 3.69. The maximum Gasteiger partial charge on any atom is 0.251 e. The second-order valence-corrected chi connectivity index (χ2v) is 6.74. The number of aryl methyl sites for hydroxylation is 4. The van der Waals surface area contributed by atoms with Crippen LogP contribution in [0, 0.1) is 27.7 Å². The molecule has 0 aliphatic rings. The summed E-state index contributed by atoms with van der Waals surface area (Å²) in [4.78, 5) is 12.6. The van der Waals surface area contributed by atoms with Gasteiger partial charge in [0.1, 0.15) is 0 Å². The molecule has 1 N–H and O–H groups in total. The zero-order valence-electron chi connectivity index (χ0n) is 16.0. The van der Waals surface area contributed by atoms with E-state index < -0.39 is 0 Å². The van der Waals surface area contributed by atoms with Gasteiger partial charge in [-0.15, -0.1) is 0 Å². The van der Waals surface area contributed by atoms with Crippen LogP contribution in [0.1, 0.15) is 44.3 Å². The van der Waals surface area contributed by atoms with Crippen LogP contribution in [0.25, 0.3) is 0 Å². The van der Waals surface area contributed by atoms with Gasteiger partial charge >= 0.3 is 0 Å². The Morgan fingerprint density at radius 1 is 1.12 bits per heavy atom. The normalized spacial score (nSPS) is 11.0. The summed E-state index contributed by atoms with van der Waals surface area (Å²) < 4.78 is 3.79. The fourth-order valence-corrected chi connectivity index (χ4v) is 3.16. The van der Waals surface area contributed by atoms with Crippen molar-refractivity contribution in [2.75, 3.05) is 0 Å². The average Bonchev–Trinajstić information content (AvgIpc) is 3.03. The Balaban J connectivity index is 1.71. The van der Waals surface area contributed by atoms with Crippen molar-refractivity contribution in [2.24, 2.45) is 7.05 Å². The lowest BCUT2D eigenvalue weighted by Crippen LogP contribution is -2.23. The molecule has 0 saturated carbocycles. The number of carbonyl (C=O) groups excluding carboxylic acids is 1. The zero-order valence-corrected chi connectivity index (χ0v) is 16.0. The van der Waals surface area contributed by atoms with Gasteiger partial charge in [0.25, 0.3) is 5.91 Å². The van der Waals surface area contributed by atoms with Crippen LogP contribution < -0.4 is 5.32 Å². The van der Waals surface area contributed by atoms with E-state index in [1.807, 2.05) is 68.4 Å². The molecule has 136 valence electrons. The summed E-state index contributed by atoms with van der Waals surface area (Å²) in [7, 11) is 1.91. The molecule has 1 aromatic carbocycles. The first-order valence-electron chi connectivity index (χ1n) is 8.72. The number of amides is 1. The quantitative estimate of drug-likeness (QED) is 0.769. The van der Waals surface area contributed by atoms with Gasteiger partial charge in [-0.25, -0.2) is 0 Å². The third-order valence-electron chi connectivity index (χ3n) is 4.71. The Kier molecular flexibility index (Phi) is 4.93. The zero-order chi connectivity index (χ0) is 18.8. The summed E-state index contributed by atoms with van der Waals surface area (Å²) in [5.41, 5.74) is 6.91. The fourth-order valence-electron chi connectivity index (χ4n) is 3.16. The highest BCUT2D eigenvalue weighted by Crippen LogP contribution is 2.13. The van der Waals surface area contributed by atoms with Crippen molar-refractivity contribution in [1.82, 2.24) is 24.9 Å². The average molecular weight is 351 g/mol. The first-order valence-corrected chi connectivity index (χ1v) is 8.72. The van der Waals surface area contributed by atoms with Gasteiger partial charge in [-0.2, -0.15) is 10.2 Å². The SMILES string of the molecule is Cc1cc(C)n(Cc2cccc(C(=O)NCc3c(C)nn(C)c3C)c2)n1. The number of rotatable bonds is 5. The van der Waals surface area contributed by atoms with E-state index in [1.165, 1.54) is 0 Å². The lowest BCUT2D eigenvalue weighted by molar-refractivity contribution is 0.0950. The number of hydrogen-bond acceptors (Lipinski definition) is 3. The molecule has 2 heterocycles. The Labute approximate surface area is 153 Å². The number of aromatic nitrogens is 4. The van der Waals surface area contributed by atoms with E-state index in [4.69, 9.17) is 0 Å². The summed E-state index contributed by atoms with van der Waals surface area (Å²) in [6.07, 6.45) is 0. The van der Waals surface area contributed by atoms with Crippen LogP contribution in [-0.4, -0.2) is 25.5 Å². The first kappa shape index (κ1) is 17.9. The maximum atomic E-state index is 12.6. The monoisotopic (exact) mass is 351 g/mol. The van der Waals surface area contributed by atoms with Gasteiger partial charge in [-0.05, 0) is 51.5 Å². The molecule has 0 aliphatic heterocycles. The summed E-state index contributed by atoms with van der Waals surface area (Å²) in [5, 5.41) is 11.9. The largest absolute Gasteiger partial charge is 0.348 e. The van der Waals surface area contributed by atoms with Crippen LogP contribution in [-0.2, 0) is 20.1 Å². The number of nitrogens with zero attached hydrogens (tertiary/aromatic N) is 4. The molecule has 0 atom stereocenters. The molecule has 0 unspecified atom stereocenters. The minimum atomic E-state index is -0.0807. The molecule has 6 nitrogen and oxygen atoms in total. The number of hydrogen-bond donors (Lipinski definition) is 1. The molecular formula is C20H25N5O. The van der Waals surface area contributed by atoms with Crippen LogP contribution in [0.5, 0.6) is 0 Å². The molecule has 1 amide bonds. The van der Waals surface area contributed by atoms with Crippen molar-refractivity contribution >= 4 is 5.91 Å². The number of benzene rings is 1. The first-order chi connectivity index (χ1) is 12.3. The second-order valence-electron chi connectivity index (χ2n) is 6.74. The van der Waals surface area contributed by atoms with Crippen LogP contribution in [0.3, 0.4) is 0 Å². The van der Waals surface area contributed by atoms with E-state index in [0.717, 1.165) is 33.9 Å². The smallest absolute Gasteiger partial charge is 0.251 e. The standard InChI is InChI=1S/C20H25N5O/c1-13-9-14(2)25(22-13)12-17-7-6-8-18(10-17)20(26)21-11-19-15(3)23-24(5)16(19)4/h6-10H,11-12H2,1-5H3,(H,21,26). The van der Waals surface area contributed by atoms with Gasteiger partial charge in [-0.1, -0.05) is 12.1 Å². The van der Waals surface area contributed by atoms with E-state index in [-0.39, 0.29) is 5.91 Å². The Hall–Kier alpha value is -2.89. The molecule has 0 aliphatic carbocycles. The van der Waals surface area contributed by atoms with Gasteiger partial charge in [0.15, 0.2) is 0 Å². The Morgan fingerprint density at radius 2 is 1.88 bits per heavy atom. The lowest BCUT2D eigenvalue weighted by Gasteiger charge is -2.09. The molecule has 6 heteroatoms. The molecule has 26 heavy (non-hydrogen) atoms. The van der Waals surface area contributed by atoms with E-state index in [1.54, 1.807) is 0 Å². The van der Waals surface area contributed by atoms with E-state index >= 15 is 0 Å². The predicted octanol–water partition coefficient (Wildman–Crippen LogP) is 2.83. The highest BCUT2D eigenvalue weighted by atomic mass is 16.1. The molecule has 2 aromatic heterocycles. The van der Waals surface area contributed by atoms with Crippen molar-refractivity contribution in [2.45, 2.75) is 40.8 Å². The fraction of sp³-hybridized carbons (Fsp3) is 0.350. The van der Waals surface area contributed by atoms with Crippen molar-refractivity contribution in [3.63, 3.8) is 0 Å². The summed E-state index contributed by atoms with van der Waals surface area (Å²) in [6.45, 7) is 9.12. The van der Waals surface area contributed by atoms with Crippen LogP contribution >= 0.6 is 0 Å². The molecule has 3 rings (SSSR count). The molecular weight excluding hydrogens is 326 g/mol. The maximum absolute atomic E-state index is 12.6. The Bertz CT molecular complexity index is 951. The molecule has 0 saturated heterocycles. The minimum Gasteiger partial charge on any atom is -0.348 e. The topological polar surface area (TPSA) is 64.7 Å². The lowest BCUT2D eigenvalue weighted by atomic mass is 10.1. The Morgan fingerprint density at radius 3 is 2.50 bits per heavy atom. The van der Waals surface area contributed by atoms with Crippen LogP contribution in [0.15, 0.2) is 30.3 Å². The molecule has 0 bridgehead atoms. The number of nitrogens with one attached hydrogen (secondary N) is 1. The highest BCUT2D eigenvalue weighted by molar-refractivity contribution is 5.94. The van der Waals surface area contributed by atoms with E-state index in [2.05, 4.69) is 21.6 Å². The predicted molar refractivity (Wildman–Crippen MR) is 101 cm³/mol. The van der Waals surface area contributed by atoms with Gasteiger partial charge in [0, 0.05) is 36.1 Å². The summed E-state index contributed by atoms with van der Waals surface area (Å²) in [5.74, 6) is -0.0807. The van der Waals surface area contributed by atoms with Gasteiger partial charge in [0.05, 0.1) is 17.9 Å². The van der Waals surface area contributed by atoms with Crippen molar-refractivity contribution < 1.29 is 4.79 Å². The van der Waals surface area contributed by atoms with Gasteiger partial charge in [-0.3, -0.25) is 14.2 Å². The molecule has 0 radical (unpaired) electrons. The highest BCUT2D eigenvalue weighted by Gasteiger charge is 2.12. The molecule has 3 aromatic rings. The minimum absolute atomic E-state index is 0.0807. The number of carbonyl (C=O) groups is 1. The van der Waals surface area contributed by atoms with Crippen molar-refractivity contribution in [3.05, 3.63) is 69.8 Å². The van der Waals surface area contributed by atoms with Gasteiger partial charge < -0.3 is 5.32 Å². The van der Waals surface area contributed by atoms with Crippen LogP contribution in [0.2, 0.25) is 0 Å². The molecule has 0 fully saturated rings. The molecule has 0 spiro atoms. The second kappa shape index (κ2) is 7.15. The van der Waals surface area contributed by atoms with Crippen molar-refractivity contribution in [3.8, 4) is 0 Å². The van der Waals surface area contributed by atoms with Crippen molar-refractivity contribution in [1.29, 1.82) is 0 Å². The van der Waals surface area contributed by atoms with E-state index in [0.29, 0.717) is 18.7 Å². The summed E-state index contributed by atoms with van der Waals surface area (Å²) in [6, 6.07) is 9.74. The van der Waals surface area contributed by atoms with E-state index in [9.17, 15) is 4.79 Å². The third-order valence-corrected chi connectivity index (χ3v) is 4.71.